The van der Waals surface area contributed by atoms with E-state index < -0.39 is 0 Å². The lowest BCUT2D eigenvalue weighted by Crippen LogP contribution is -2.31. The quantitative estimate of drug-likeness (QED) is 0.628. The molecule has 0 heterocycles. The van der Waals surface area contributed by atoms with Crippen molar-refractivity contribution in [3.63, 3.8) is 0 Å². The fourth-order valence-corrected chi connectivity index (χ4v) is 2.21. The van der Waals surface area contributed by atoms with Crippen LogP contribution < -0.4 is 0 Å². The maximum atomic E-state index is 12.3. The van der Waals surface area contributed by atoms with Crippen LogP contribution in [0.3, 0.4) is 0 Å². The third-order valence-electron chi connectivity index (χ3n) is 3.29. The summed E-state index contributed by atoms with van der Waals surface area (Å²) in [5.41, 5.74) is 0.722. The number of benzene rings is 1. The number of rotatable bonds is 8. The maximum Gasteiger partial charge on any atom is 0.253 e. The maximum absolute atomic E-state index is 12.3. The van der Waals surface area contributed by atoms with Crippen LogP contribution in [0.25, 0.3) is 0 Å². The summed E-state index contributed by atoms with van der Waals surface area (Å²) in [6.45, 7) is 5.85. The molecule has 0 aromatic heterocycles. The number of unbranched alkanes of at least 4 members (excludes halogenated alkanes) is 4. The first-order chi connectivity index (χ1) is 9.19. The summed E-state index contributed by atoms with van der Waals surface area (Å²) in [5, 5.41) is 0.666. The van der Waals surface area contributed by atoms with Gasteiger partial charge in [-0.3, -0.25) is 4.79 Å². The van der Waals surface area contributed by atoms with Gasteiger partial charge in [0.2, 0.25) is 0 Å². The first-order valence-corrected chi connectivity index (χ1v) is 7.61. The molecular weight excluding hydrogens is 258 g/mol. The highest BCUT2D eigenvalue weighted by atomic mass is 35.5. The zero-order valence-electron chi connectivity index (χ0n) is 12.0. The second kappa shape index (κ2) is 8.98. The molecule has 0 aliphatic heterocycles. The lowest BCUT2D eigenvalue weighted by Gasteiger charge is -2.21. The molecule has 1 aromatic rings. The highest BCUT2D eigenvalue weighted by molar-refractivity contribution is 6.30. The number of carbonyl (C=O) groups is 1. The molecule has 1 rings (SSSR count). The number of halogens is 1. The Hall–Kier alpha value is -1.02. The van der Waals surface area contributed by atoms with Crippen molar-refractivity contribution in [1.82, 2.24) is 4.90 Å². The van der Waals surface area contributed by atoms with Crippen LogP contribution >= 0.6 is 11.6 Å². The summed E-state index contributed by atoms with van der Waals surface area (Å²) in [6, 6.07) is 7.13. The van der Waals surface area contributed by atoms with Crippen molar-refractivity contribution in [3.8, 4) is 0 Å². The van der Waals surface area contributed by atoms with Gasteiger partial charge in [0.1, 0.15) is 0 Å². The van der Waals surface area contributed by atoms with Crippen LogP contribution in [0.2, 0.25) is 5.02 Å². The number of hydrogen-bond acceptors (Lipinski definition) is 1. The molecule has 0 bridgehead atoms. The molecule has 0 spiro atoms. The third kappa shape index (κ3) is 5.65. The number of hydrogen-bond donors (Lipinski definition) is 0. The van der Waals surface area contributed by atoms with Gasteiger partial charge in [0, 0.05) is 23.7 Å². The van der Waals surface area contributed by atoms with Crippen LogP contribution in [0.4, 0.5) is 0 Å². The number of amides is 1. The highest BCUT2D eigenvalue weighted by Crippen LogP contribution is 2.12. The van der Waals surface area contributed by atoms with Crippen LogP contribution in [0.5, 0.6) is 0 Å². The van der Waals surface area contributed by atoms with Gasteiger partial charge < -0.3 is 4.90 Å². The smallest absolute Gasteiger partial charge is 0.253 e. The summed E-state index contributed by atoms with van der Waals surface area (Å²) in [7, 11) is 0. The van der Waals surface area contributed by atoms with E-state index in [9.17, 15) is 4.79 Å². The molecule has 0 atom stereocenters. The minimum absolute atomic E-state index is 0.106. The van der Waals surface area contributed by atoms with E-state index in [0.717, 1.165) is 25.1 Å². The highest BCUT2D eigenvalue weighted by Gasteiger charge is 2.13. The van der Waals surface area contributed by atoms with Gasteiger partial charge in [-0.15, -0.1) is 0 Å². The molecule has 1 amide bonds. The van der Waals surface area contributed by atoms with E-state index in [1.807, 2.05) is 11.8 Å². The van der Waals surface area contributed by atoms with Gasteiger partial charge in [-0.25, -0.2) is 0 Å². The molecular formula is C16H24ClNO. The molecule has 0 unspecified atom stereocenters. The van der Waals surface area contributed by atoms with Crippen molar-refractivity contribution in [2.45, 2.75) is 46.0 Å². The first-order valence-electron chi connectivity index (χ1n) is 7.23. The molecule has 0 aliphatic carbocycles. The van der Waals surface area contributed by atoms with Crippen LogP contribution in [-0.2, 0) is 0 Å². The lowest BCUT2D eigenvalue weighted by molar-refractivity contribution is 0.0761. The molecule has 0 radical (unpaired) electrons. The second-order valence-corrected chi connectivity index (χ2v) is 5.24. The Morgan fingerprint density at radius 2 is 1.68 bits per heavy atom. The minimum Gasteiger partial charge on any atom is -0.339 e. The van der Waals surface area contributed by atoms with Gasteiger partial charge in [-0.1, -0.05) is 44.2 Å². The van der Waals surface area contributed by atoms with Gasteiger partial charge >= 0.3 is 0 Å². The summed E-state index contributed by atoms with van der Waals surface area (Å²) < 4.78 is 0. The Bertz CT molecular complexity index is 375. The van der Waals surface area contributed by atoms with E-state index in [-0.39, 0.29) is 5.91 Å². The Labute approximate surface area is 121 Å². The standard InChI is InChI=1S/C16H24ClNO/c1-3-5-6-7-8-13-18(4-2)16(19)14-9-11-15(17)12-10-14/h9-12H,3-8,13H2,1-2H3. The largest absolute Gasteiger partial charge is 0.339 e. The van der Waals surface area contributed by atoms with Crippen LogP contribution in [-0.4, -0.2) is 23.9 Å². The second-order valence-electron chi connectivity index (χ2n) is 4.81. The van der Waals surface area contributed by atoms with Crippen molar-refractivity contribution in [3.05, 3.63) is 34.9 Å². The van der Waals surface area contributed by atoms with Gasteiger partial charge in [-0.05, 0) is 37.6 Å². The van der Waals surface area contributed by atoms with Gasteiger partial charge in [-0.2, -0.15) is 0 Å². The van der Waals surface area contributed by atoms with Crippen molar-refractivity contribution >= 4 is 17.5 Å². The van der Waals surface area contributed by atoms with E-state index in [0.29, 0.717) is 5.02 Å². The Kier molecular flexibility index (Phi) is 7.57. The van der Waals surface area contributed by atoms with E-state index >= 15 is 0 Å². The number of carbonyl (C=O) groups excluding carboxylic acids is 1. The summed E-state index contributed by atoms with van der Waals surface area (Å²) in [4.78, 5) is 14.2. The van der Waals surface area contributed by atoms with Crippen molar-refractivity contribution < 1.29 is 4.79 Å². The molecule has 0 saturated heterocycles. The van der Waals surface area contributed by atoms with Crippen LogP contribution in [0.15, 0.2) is 24.3 Å². The van der Waals surface area contributed by atoms with E-state index in [1.165, 1.54) is 25.7 Å². The molecule has 19 heavy (non-hydrogen) atoms. The molecule has 0 saturated carbocycles. The SMILES string of the molecule is CCCCCCCN(CC)C(=O)c1ccc(Cl)cc1. The zero-order chi connectivity index (χ0) is 14.1. The minimum atomic E-state index is 0.106. The Balaban J connectivity index is 2.45. The molecule has 0 fully saturated rings. The Morgan fingerprint density at radius 3 is 2.26 bits per heavy atom. The molecule has 106 valence electrons. The number of nitrogens with zero attached hydrogens (tertiary/aromatic N) is 1. The lowest BCUT2D eigenvalue weighted by atomic mass is 10.1. The Morgan fingerprint density at radius 1 is 1.05 bits per heavy atom. The average molecular weight is 282 g/mol. The average Bonchev–Trinajstić information content (AvgIpc) is 2.43. The predicted molar refractivity (Wildman–Crippen MR) is 81.8 cm³/mol. The van der Waals surface area contributed by atoms with Gasteiger partial charge in [0.05, 0.1) is 0 Å². The van der Waals surface area contributed by atoms with Crippen molar-refractivity contribution in [2.75, 3.05) is 13.1 Å². The summed E-state index contributed by atoms with van der Waals surface area (Å²) >= 11 is 5.84. The topological polar surface area (TPSA) is 20.3 Å². The normalized spacial score (nSPS) is 10.5. The van der Waals surface area contributed by atoms with Crippen LogP contribution in [0, 0.1) is 0 Å². The molecule has 1 aromatic carbocycles. The predicted octanol–water partition coefficient (Wildman–Crippen LogP) is 4.77. The molecule has 0 aliphatic rings. The molecule has 0 N–H and O–H groups in total. The zero-order valence-corrected chi connectivity index (χ0v) is 12.7. The summed E-state index contributed by atoms with van der Waals surface area (Å²) in [6.07, 6.45) is 6.10. The van der Waals surface area contributed by atoms with Gasteiger partial charge in [0.15, 0.2) is 0 Å². The monoisotopic (exact) mass is 281 g/mol. The van der Waals surface area contributed by atoms with E-state index in [4.69, 9.17) is 11.6 Å². The van der Waals surface area contributed by atoms with Crippen LogP contribution in [0.1, 0.15) is 56.3 Å². The first kappa shape index (κ1) is 16.0. The van der Waals surface area contributed by atoms with Gasteiger partial charge in [0.25, 0.3) is 5.91 Å². The third-order valence-corrected chi connectivity index (χ3v) is 3.54. The van der Waals surface area contributed by atoms with Crippen molar-refractivity contribution in [1.29, 1.82) is 0 Å². The molecule has 3 heteroatoms. The van der Waals surface area contributed by atoms with Crippen molar-refractivity contribution in [2.24, 2.45) is 0 Å². The van der Waals surface area contributed by atoms with E-state index in [1.54, 1.807) is 24.3 Å². The fourth-order valence-electron chi connectivity index (χ4n) is 2.08. The van der Waals surface area contributed by atoms with E-state index in [2.05, 4.69) is 6.92 Å². The summed E-state index contributed by atoms with van der Waals surface area (Å²) in [5.74, 6) is 0.106. The molecule has 2 nitrogen and oxygen atoms in total. The fraction of sp³-hybridized carbons (Fsp3) is 0.562.